The predicted molar refractivity (Wildman–Crippen MR) is 111 cm³/mol. The van der Waals surface area contributed by atoms with E-state index in [0.29, 0.717) is 0 Å². The smallest absolute Gasteiger partial charge is 0.404 e. The Morgan fingerprint density at radius 3 is 2.38 bits per heavy atom. The van der Waals surface area contributed by atoms with E-state index >= 15 is 0 Å². The lowest BCUT2D eigenvalue weighted by Crippen LogP contribution is -2.19. The van der Waals surface area contributed by atoms with E-state index in [1.54, 1.807) is 12.1 Å². The zero-order valence-corrected chi connectivity index (χ0v) is 17.6. The molecule has 1 heterocycles. The maximum atomic E-state index is 12.7. The Labute approximate surface area is 185 Å². The summed E-state index contributed by atoms with van der Waals surface area (Å²) in [6, 6.07) is 9.91. The highest BCUT2D eigenvalue weighted by atomic mass is 35.5. The molecule has 0 fully saturated rings. The number of alkyl halides is 3. The summed E-state index contributed by atoms with van der Waals surface area (Å²) < 4.78 is 67.1. The average molecular weight is 486 g/mol. The van der Waals surface area contributed by atoms with Crippen molar-refractivity contribution in [1.82, 2.24) is 4.98 Å². The molecule has 0 atom stereocenters. The molecule has 4 N–H and O–H groups in total. The molecular formula is C20H15ClF3N3O4S. The minimum absolute atomic E-state index is 0.0107. The molecule has 3 rings (SSSR count). The van der Waals surface area contributed by atoms with Crippen LogP contribution in [-0.4, -0.2) is 25.7 Å². The van der Waals surface area contributed by atoms with Gasteiger partial charge in [0.15, 0.2) is 0 Å². The molecule has 168 valence electrons. The van der Waals surface area contributed by atoms with Gasteiger partial charge in [0, 0.05) is 33.5 Å². The van der Waals surface area contributed by atoms with Crippen LogP contribution in [-0.2, 0) is 21.2 Å². The summed E-state index contributed by atoms with van der Waals surface area (Å²) in [4.78, 5) is 14.9. The maximum Gasteiger partial charge on any atom is 0.573 e. The molecule has 7 nitrogen and oxygen atoms in total. The molecule has 1 aromatic heterocycles. The number of hydrogen-bond acceptors (Lipinski definition) is 5. The third-order valence-electron chi connectivity index (χ3n) is 4.29. The summed E-state index contributed by atoms with van der Waals surface area (Å²) >= 11 is 6.28. The number of amides is 1. The number of pyridine rings is 1. The Balaban J connectivity index is 2.37. The highest BCUT2D eigenvalue weighted by molar-refractivity contribution is 7.89. The first-order valence-corrected chi connectivity index (χ1v) is 10.7. The van der Waals surface area contributed by atoms with Crippen molar-refractivity contribution in [1.29, 1.82) is 0 Å². The van der Waals surface area contributed by atoms with Gasteiger partial charge in [0.2, 0.25) is 15.9 Å². The van der Waals surface area contributed by atoms with Crippen molar-refractivity contribution in [2.75, 3.05) is 0 Å². The van der Waals surface area contributed by atoms with Gasteiger partial charge in [-0.2, -0.15) is 0 Å². The predicted octanol–water partition coefficient (Wildman–Crippen LogP) is 3.64. The van der Waals surface area contributed by atoms with Crippen molar-refractivity contribution in [3.63, 3.8) is 0 Å². The number of primary sulfonamides is 1. The SMILES string of the molecule is NC(=O)Cc1ccc(-c2cncc(OC(F)(F)F)c2)c(S(N)(=O)=O)c1-c1ccccc1Cl. The van der Waals surface area contributed by atoms with Crippen LogP contribution in [0.3, 0.4) is 0 Å². The van der Waals surface area contributed by atoms with Gasteiger partial charge in [-0.3, -0.25) is 9.78 Å². The molecule has 0 aliphatic heterocycles. The average Bonchev–Trinajstić information content (AvgIpc) is 2.66. The Bertz CT molecular complexity index is 1300. The van der Waals surface area contributed by atoms with Gasteiger partial charge in [-0.1, -0.05) is 41.9 Å². The van der Waals surface area contributed by atoms with Crippen LogP contribution in [0.2, 0.25) is 5.02 Å². The molecule has 0 saturated heterocycles. The fourth-order valence-corrected chi connectivity index (χ4v) is 4.44. The monoisotopic (exact) mass is 485 g/mol. The fourth-order valence-electron chi connectivity index (χ4n) is 3.20. The lowest BCUT2D eigenvalue weighted by molar-refractivity contribution is -0.274. The fraction of sp³-hybridized carbons (Fsp3) is 0.100. The second kappa shape index (κ2) is 8.77. The summed E-state index contributed by atoms with van der Waals surface area (Å²) in [5.41, 5.74) is 5.70. The highest BCUT2D eigenvalue weighted by Crippen LogP contribution is 2.41. The summed E-state index contributed by atoms with van der Waals surface area (Å²) in [7, 11) is -4.49. The number of hydrogen-bond donors (Lipinski definition) is 2. The molecule has 3 aromatic rings. The lowest BCUT2D eigenvalue weighted by Gasteiger charge is -2.19. The summed E-state index contributed by atoms with van der Waals surface area (Å²) in [5.74, 6) is -1.40. The molecule has 0 aliphatic rings. The Kier molecular flexibility index (Phi) is 6.44. The van der Waals surface area contributed by atoms with Crippen molar-refractivity contribution in [2.45, 2.75) is 17.7 Å². The van der Waals surface area contributed by atoms with Crippen LogP contribution in [0.1, 0.15) is 5.56 Å². The zero-order valence-electron chi connectivity index (χ0n) is 16.1. The molecule has 0 saturated carbocycles. The Morgan fingerprint density at radius 1 is 1.09 bits per heavy atom. The van der Waals surface area contributed by atoms with Crippen molar-refractivity contribution >= 4 is 27.5 Å². The van der Waals surface area contributed by atoms with E-state index in [0.717, 1.165) is 18.5 Å². The van der Waals surface area contributed by atoms with E-state index in [1.807, 2.05) is 0 Å². The number of ether oxygens (including phenoxy) is 1. The van der Waals surface area contributed by atoms with Gasteiger partial charge in [0.1, 0.15) is 5.75 Å². The molecule has 12 heteroatoms. The van der Waals surface area contributed by atoms with Gasteiger partial charge in [-0.25, -0.2) is 13.6 Å². The number of primary amides is 1. The van der Waals surface area contributed by atoms with Crippen LogP contribution < -0.4 is 15.6 Å². The molecule has 0 bridgehead atoms. The van der Waals surface area contributed by atoms with Gasteiger partial charge in [-0.05, 0) is 17.7 Å². The summed E-state index contributed by atoms with van der Waals surface area (Å²) in [5, 5.41) is 5.66. The normalized spacial score (nSPS) is 11.9. The third kappa shape index (κ3) is 5.36. The topological polar surface area (TPSA) is 125 Å². The largest absolute Gasteiger partial charge is 0.573 e. The van der Waals surface area contributed by atoms with Crippen LogP contribution in [0.5, 0.6) is 5.75 Å². The van der Waals surface area contributed by atoms with Crippen LogP contribution in [0.25, 0.3) is 22.3 Å². The Hall–Kier alpha value is -3.15. The molecule has 2 aromatic carbocycles. The quantitative estimate of drug-likeness (QED) is 0.551. The molecular weight excluding hydrogens is 471 g/mol. The van der Waals surface area contributed by atoms with E-state index in [-0.39, 0.29) is 39.3 Å². The number of carbonyl (C=O) groups excluding carboxylic acids is 1. The summed E-state index contributed by atoms with van der Waals surface area (Å²) in [6.45, 7) is 0. The van der Waals surface area contributed by atoms with Crippen molar-refractivity contribution in [3.8, 4) is 28.0 Å². The molecule has 1 amide bonds. The minimum Gasteiger partial charge on any atom is -0.404 e. The van der Waals surface area contributed by atoms with Crippen molar-refractivity contribution in [3.05, 3.63) is 65.4 Å². The first-order chi connectivity index (χ1) is 14.9. The number of halogens is 4. The van der Waals surface area contributed by atoms with Crippen molar-refractivity contribution in [2.24, 2.45) is 10.9 Å². The number of benzene rings is 2. The Morgan fingerprint density at radius 2 is 1.78 bits per heavy atom. The number of nitrogens with two attached hydrogens (primary N) is 2. The van der Waals surface area contributed by atoms with E-state index < -0.39 is 32.9 Å². The maximum absolute atomic E-state index is 12.7. The minimum atomic E-state index is -4.98. The van der Waals surface area contributed by atoms with Crippen molar-refractivity contribution < 1.29 is 31.1 Å². The van der Waals surface area contributed by atoms with E-state index in [4.69, 9.17) is 22.5 Å². The second-order valence-electron chi connectivity index (χ2n) is 6.60. The van der Waals surface area contributed by atoms with Gasteiger partial charge in [-0.15, -0.1) is 13.2 Å². The molecule has 0 radical (unpaired) electrons. The molecule has 32 heavy (non-hydrogen) atoms. The van der Waals surface area contributed by atoms with Gasteiger partial charge in [0.25, 0.3) is 0 Å². The third-order valence-corrected chi connectivity index (χ3v) is 5.62. The number of sulfonamides is 1. The number of aromatic nitrogens is 1. The van der Waals surface area contributed by atoms with Gasteiger partial charge < -0.3 is 10.5 Å². The van der Waals surface area contributed by atoms with Crippen LogP contribution in [0.4, 0.5) is 13.2 Å². The van der Waals surface area contributed by atoms with Crippen LogP contribution in [0, 0.1) is 0 Å². The number of nitrogens with zero attached hydrogens (tertiary/aromatic N) is 1. The number of rotatable bonds is 6. The van der Waals surface area contributed by atoms with Gasteiger partial charge in [0.05, 0.1) is 17.5 Å². The first-order valence-electron chi connectivity index (χ1n) is 8.80. The lowest BCUT2D eigenvalue weighted by atomic mass is 9.93. The first kappa shape index (κ1) is 23.5. The standard InChI is InChI=1S/C20H15ClF3N3O4S/c21-16-4-2-1-3-15(16)18-11(8-17(25)28)5-6-14(19(18)32(26,29)30)12-7-13(10-27-9-12)31-20(22,23)24/h1-7,9-10H,8H2,(H2,25,28)(H2,26,29,30). The van der Waals surface area contributed by atoms with E-state index in [9.17, 15) is 26.4 Å². The van der Waals surface area contributed by atoms with Gasteiger partial charge >= 0.3 is 6.36 Å². The second-order valence-corrected chi connectivity index (χ2v) is 8.51. The van der Waals surface area contributed by atoms with E-state index in [1.165, 1.54) is 24.3 Å². The molecule has 0 spiro atoms. The molecule has 0 unspecified atom stereocenters. The van der Waals surface area contributed by atoms with E-state index in [2.05, 4.69) is 9.72 Å². The summed E-state index contributed by atoms with van der Waals surface area (Å²) in [6.07, 6.45) is -3.34. The molecule has 0 aliphatic carbocycles. The zero-order chi connectivity index (χ0) is 23.7. The van der Waals surface area contributed by atoms with Crippen LogP contribution >= 0.6 is 11.6 Å². The highest BCUT2D eigenvalue weighted by Gasteiger charge is 2.32. The number of carbonyl (C=O) groups is 1. The van der Waals surface area contributed by atoms with Crippen LogP contribution in [0.15, 0.2) is 59.8 Å².